The van der Waals surface area contributed by atoms with Crippen molar-refractivity contribution in [1.82, 2.24) is 10.9 Å². The zero-order chi connectivity index (χ0) is 20.5. The summed E-state index contributed by atoms with van der Waals surface area (Å²) in [5.41, 5.74) is 5.59. The highest BCUT2D eigenvalue weighted by Crippen LogP contribution is 2.21. The summed E-state index contributed by atoms with van der Waals surface area (Å²) in [4.78, 5) is 23.5. The molecule has 0 aromatic heterocycles. The van der Waals surface area contributed by atoms with E-state index in [1.165, 1.54) is 12.4 Å². The Hall–Kier alpha value is -2.72. The van der Waals surface area contributed by atoms with Crippen molar-refractivity contribution < 1.29 is 19.1 Å². The van der Waals surface area contributed by atoms with Gasteiger partial charge in [0.05, 0.1) is 26.6 Å². The van der Waals surface area contributed by atoms with Gasteiger partial charge in [0.15, 0.2) is 0 Å². The van der Waals surface area contributed by atoms with Crippen molar-refractivity contribution in [2.45, 2.75) is 0 Å². The minimum atomic E-state index is -0.961. The van der Waals surface area contributed by atoms with Gasteiger partial charge in [-0.2, -0.15) is 10.2 Å². The number of hydrogen-bond donors (Lipinski definition) is 2. The largest absolute Gasteiger partial charge is 0.497 e. The molecular formula is C18H16Br2N4O4. The minimum absolute atomic E-state index is 0.631. The molecule has 0 saturated heterocycles. The number of hydrogen-bond acceptors (Lipinski definition) is 6. The number of carbonyl (C=O) groups excluding carboxylic acids is 2. The highest BCUT2D eigenvalue weighted by molar-refractivity contribution is 9.10. The van der Waals surface area contributed by atoms with Gasteiger partial charge in [0.25, 0.3) is 0 Å². The Morgan fingerprint density at radius 1 is 0.821 bits per heavy atom. The van der Waals surface area contributed by atoms with E-state index in [4.69, 9.17) is 9.47 Å². The fraction of sp³-hybridized carbons (Fsp3) is 0.111. The Morgan fingerprint density at radius 2 is 1.21 bits per heavy atom. The third kappa shape index (κ3) is 6.17. The van der Waals surface area contributed by atoms with Gasteiger partial charge in [0.2, 0.25) is 0 Å². The van der Waals surface area contributed by atoms with Crippen molar-refractivity contribution >= 4 is 56.1 Å². The summed E-state index contributed by atoms with van der Waals surface area (Å²) in [5.74, 6) is -0.659. The molecule has 10 heteroatoms. The zero-order valence-electron chi connectivity index (χ0n) is 14.9. The molecule has 0 heterocycles. The van der Waals surface area contributed by atoms with Crippen LogP contribution in [0, 0.1) is 0 Å². The van der Waals surface area contributed by atoms with Gasteiger partial charge < -0.3 is 9.47 Å². The number of benzene rings is 2. The average Bonchev–Trinajstić information content (AvgIpc) is 2.70. The number of rotatable bonds is 6. The van der Waals surface area contributed by atoms with Crippen molar-refractivity contribution in [3.05, 3.63) is 56.5 Å². The second-order valence-corrected chi connectivity index (χ2v) is 6.88. The van der Waals surface area contributed by atoms with Gasteiger partial charge in [-0.3, -0.25) is 9.59 Å². The molecule has 2 aromatic rings. The van der Waals surface area contributed by atoms with E-state index in [0.717, 1.165) is 8.95 Å². The predicted octanol–water partition coefficient (Wildman–Crippen LogP) is 2.83. The SMILES string of the molecule is COc1ccc(Br)c(/C=N\NC(=O)C(=O)N/N=C\c2cc(OC)ccc2Br)c1. The Bertz CT molecular complexity index is 856. The van der Waals surface area contributed by atoms with Crippen LogP contribution in [0.3, 0.4) is 0 Å². The van der Waals surface area contributed by atoms with E-state index in [1.807, 2.05) is 0 Å². The van der Waals surface area contributed by atoms with E-state index in [-0.39, 0.29) is 0 Å². The van der Waals surface area contributed by atoms with E-state index in [0.29, 0.717) is 22.6 Å². The summed E-state index contributed by atoms with van der Waals surface area (Å²) in [6, 6.07) is 10.5. The van der Waals surface area contributed by atoms with E-state index in [2.05, 4.69) is 52.9 Å². The first kappa shape index (κ1) is 21.6. The van der Waals surface area contributed by atoms with Gasteiger partial charge in [-0.25, -0.2) is 10.9 Å². The first-order valence-corrected chi connectivity index (χ1v) is 9.36. The van der Waals surface area contributed by atoms with E-state index >= 15 is 0 Å². The van der Waals surface area contributed by atoms with E-state index in [1.54, 1.807) is 50.6 Å². The van der Waals surface area contributed by atoms with Gasteiger partial charge in [-0.1, -0.05) is 31.9 Å². The van der Waals surface area contributed by atoms with Crippen LogP contribution in [0.4, 0.5) is 0 Å². The van der Waals surface area contributed by atoms with Gasteiger partial charge in [0.1, 0.15) is 11.5 Å². The highest BCUT2D eigenvalue weighted by atomic mass is 79.9. The predicted molar refractivity (Wildman–Crippen MR) is 113 cm³/mol. The van der Waals surface area contributed by atoms with Crippen LogP contribution in [0.25, 0.3) is 0 Å². The first-order valence-electron chi connectivity index (χ1n) is 7.78. The average molecular weight is 512 g/mol. The maximum Gasteiger partial charge on any atom is 0.331 e. The second-order valence-electron chi connectivity index (χ2n) is 5.17. The summed E-state index contributed by atoms with van der Waals surface area (Å²) in [6.07, 6.45) is 2.77. The Balaban J connectivity index is 1.92. The summed E-state index contributed by atoms with van der Waals surface area (Å²) < 4.78 is 11.7. The molecule has 2 aromatic carbocycles. The lowest BCUT2D eigenvalue weighted by Gasteiger charge is -2.03. The molecule has 28 heavy (non-hydrogen) atoms. The quantitative estimate of drug-likeness (QED) is 0.353. The Kier molecular flexibility index (Phi) is 8.15. The molecule has 0 unspecified atom stereocenters. The maximum absolute atomic E-state index is 11.8. The number of amides is 2. The number of nitrogens with zero attached hydrogens (tertiary/aromatic N) is 2. The number of carbonyl (C=O) groups is 2. The molecule has 0 aliphatic carbocycles. The van der Waals surface area contributed by atoms with Crippen molar-refractivity contribution in [2.75, 3.05) is 14.2 Å². The van der Waals surface area contributed by atoms with Gasteiger partial charge >= 0.3 is 11.8 Å². The molecule has 0 aliphatic rings. The van der Waals surface area contributed by atoms with Crippen LogP contribution in [0.5, 0.6) is 11.5 Å². The lowest BCUT2D eigenvalue weighted by Crippen LogP contribution is -2.35. The van der Waals surface area contributed by atoms with Crippen LogP contribution in [0.2, 0.25) is 0 Å². The van der Waals surface area contributed by atoms with E-state index < -0.39 is 11.8 Å². The fourth-order valence-electron chi connectivity index (χ4n) is 1.92. The molecule has 0 fully saturated rings. The van der Waals surface area contributed by atoms with Crippen molar-refractivity contribution in [3.63, 3.8) is 0 Å². The maximum atomic E-state index is 11.8. The molecule has 2 N–H and O–H groups in total. The van der Waals surface area contributed by atoms with Crippen LogP contribution in [-0.2, 0) is 9.59 Å². The summed E-state index contributed by atoms with van der Waals surface area (Å²) in [6.45, 7) is 0. The van der Waals surface area contributed by atoms with Gasteiger partial charge in [0, 0.05) is 20.1 Å². The highest BCUT2D eigenvalue weighted by Gasteiger charge is 2.11. The number of halogens is 2. The molecule has 0 saturated carbocycles. The van der Waals surface area contributed by atoms with Crippen molar-refractivity contribution in [1.29, 1.82) is 0 Å². The first-order chi connectivity index (χ1) is 13.4. The van der Waals surface area contributed by atoms with Crippen LogP contribution in [-0.4, -0.2) is 38.5 Å². The molecule has 0 radical (unpaired) electrons. The minimum Gasteiger partial charge on any atom is -0.497 e. The lowest BCUT2D eigenvalue weighted by atomic mass is 10.2. The summed E-state index contributed by atoms with van der Waals surface area (Å²) in [7, 11) is 3.09. The lowest BCUT2D eigenvalue weighted by molar-refractivity contribution is -0.139. The van der Waals surface area contributed by atoms with E-state index in [9.17, 15) is 9.59 Å². The Labute approximate surface area is 178 Å². The Morgan fingerprint density at radius 3 is 1.57 bits per heavy atom. The smallest absolute Gasteiger partial charge is 0.331 e. The third-order valence-corrected chi connectivity index (χ3v) is 4.80. The number of hydrazone groups is 2. The molecular weight excluding hydrogens is 496 g/mol. The molecule has 2 rings (SSSR count). The van der Waals surface area contributed by atoms with Crippen LogP contribution in [0.15, 0.2) is 55.5 Å². The van der Waals surface area contributed by atoms with Crippen LogP contribution < -0.4 is 20.3 Å². The molecule has 146 valence electrons. The zero-order valence-corrected chi connectivity index (χ0v) is 18.1. The van der Waals surface area contributed by atoms with Crippen molar-refractivity contribution in [2.24, 2.45) is 10.2 Å². The molecule has 8 nitrogen and oxygen atoms in total. The standard InChI is InChI=1S/C18H16Br2N4O4/c1-27-13-3-5-15(19)11(7-13)9-21-23-17(25)18(26)24-22-10-12-8-14(28-2)4-6-16(12)20/h3-10H,1-2H3,(H,23,25)(H,24,26)/b21-9-,22-10-. The number of methoxy groups -OCH3 is 2. The van der Waals surface area contributed by atoms with Crippen molar-refractivity contribution in [3.8, 4) is 11.5 Å². The third-order valence-electron chi connectivity index (χ3n) is 3.35. The molecule has 0 bridgehead atoms. The summed E-state index contributed by atoms with van der Waals surface area (Å²) >= 11 is 6.72. The fourth-order valence-corrected chi connectivity index (χ4v) is 2.62. The normalized spacial score (nSPS) is 10.9. The second kappa shape index (κ2) is 10.6. The number of ether oxygens (including phenoxy) is 2. The van der Waals surface area contributed by atoms with Crippen LogP contribution >= 0.6 is 31.9 Å². The molecule has 0 aliphatic heterocycles. The molecule has 0 spiro atoms. The monoisotopic (exact) mass is 510 g/mol. The van der Waals surface area contributed by atoms with Crippen LogP contribution in [0.1, 0.15) is 11.1 Å². The van der Waals surface area contributed by atoms with Gasteiger partial charge in [-0.05, 0) is 36.4 Å². The number of nitrogens with one attached hydrogen (secondary N) is 2. The summed E-state index contributed by atoms with van der Waals surface area (Å²) in [5, 5.41) is 7.51. The van der Waals surface area contributed by atoms with Gasteiger partial charge in [-0.15, -0.1) is 0 Å². The molecule has 2 amide bonds. The topological polar surface area (TPSA) is 101 Å². The molecule has 0 atom stereocenters.